The van der Waals surface area contributed by atoms with E-state index in [-0.39, 0.29) is 11.9 Å². The van der Waals surface area contributed by atoms with Crippen molar-refractivity contribution in [2.24, 2.45) is 11.0 Å². The minimum Gasteiger partial charge on any atom is -0.490 e. The number of benzene rings is 2. The maximum atomic E-state index is 14.5. The summed E-state index contributed by atoms with van der Waals surface area (Å²) in [5.74, 6) is -1.66. The fraction of sp³-hybridized carbons (Fsp3) is 0.481. The zero-order valence-corrected chi connectivity index (χ0v) is 21.0. The van der Waals surface area contributed by atoms with E-state index in [1.54, 1.807) is 24.3 Å². The van der Waals surface area contributed by atoms with Crippen LogP contribution >= 0.6 is 0 Å². The van der Waals surface area contributed by atoms with Gasteiger partial charge in [-0.25, -0.2) is 4.39 Å². The first-order valence-corrected chi connectivity index (χ1v) is 12.4. The summed E-state index contributed by atoms with van der Waals surface area (Å²) in [6.07, 6.45) is -3.81. The van der Waals surface area contributed by atoms with E-state index in [1.807, 2.05) is 17.0 Å². The van der Waals surface area contributed by atoms with Crippen molar-refractivity contribution in [1.29, 1.82) is 0 Å². The average Bonchev–Trinajstić information content (AvgIpc) is 3.16. The highest BCUT2D eigenvalue weighted by Crippen LogP contribution is 2.37. The molecule has 0 aromatic heterocycles. The number of anilines is 2. The van der Waals surface area contributed by atoms with Crippen LogP contribution in [0.1, 0.15) is 51.5 Å². The van der Waals surface area contributed by atoms with Crippen molar-refractivity contribution in [2.45, 2.75) is 64.3 Å². The van der Waals surface area contributed by atoms with Gasteiger partial charge in [0.2, 0.25) is 0 Å². The summed E-state index contributed by atoms with van der Waals surface area (Å²) >= 11 is 0. The molecule has 2 aromatic carbocycles. The molecule has 2 unspecified atom stereocenters. The maximum Gasteiger partial charge on any atom is 0.431 e. The van der Waals surface area contributed by atoms with Gasteiger partial charge in [-0.1, -0.05) is 26.8 Å². The van der Waals surface area contributed by atoms with E-state index >= 15 is 0 Å². The highest BCUT2D eigenvalue weighted by atomic mass is 19.4. The van der Waals surface area contributed by atoms with Gasteiger partial charge in [-0.2, -0.15) is 18.3 Å². The summed E-state index contributed by atoms with van der Waals surface area (Å²) in [5.41, 5.74) is 1.06. The summed E-state index contributed by atoms with van der Waals surface area (Å²) in [6.45, 7) is 6.76. The fourth-order valence-electron chi connectivity index (χ4n) is 4.90. The SMILES string of the molecule is CC(C)c1ccc(F)c(N2CCC(Oc3ccc(N4N=C(C(F)(F)F)C(C)C4CC(=O)O)cc3)CC2)c1. The van der Waals surface area contributed by atoms with Crippen molar-refractivity contribution in [3.8, 4) is 5.75 Å². The number of hydrazone groups is 1. The lowest BCUT2D eigenvalue weighted by Crippen LogP contribution is -2.38. The van der Waals surface area contributed by atoms with Crippen LogP contribution in [-0.2, 0) is 4.79 Å². The first kappa shape index (κ1) is 26.8. The molecule has 0 spiro atoms. The number of ether oxygens (including phenoxy) is 1. The summed E-state index contributed by atoms with van der Waals surface area (Å²) in [4.78, 5) is 13.3. The molecule has 10 heteroatoms. The van der Waals surface area contributed by atoms with Crippen LogP contribution in [0.15, 0.2) is 47.6 Å². The number of aliphatic carboxylic acids is 1. The molecule has 2 aromatic rings. The van der Waals surface area contributed by atoms with E-state index in [9.17, 15) is 27.5 Å². The summed E-state index contributed by atoms with van der Waals surface area (Å²) in [5, 5.41) is 14.1. The Balaban J connectivity index is 1.41. The number of piperidine rings is 1. The third-order valence-electron chi connectivity index (χ3n) is 7.04. The Bertz CT molecular complexity index is 1140. The molecule has 2 atom stereocenters. The van der Waals surface area contributed by atoms with Crippen LogP contribution < -0.4 is 14.6 Å². The van der Waals surface area contributed by atoms with Crippen LogP contribution in [0.4, 0.5) is 28.9 Å². The Hall–Kier alpha value is -3.30. The quantitative estimate of drug-likeness (QED) is 0.439. The Kier molecular flexibility index (Phi) is 7.66. The summed E-state index contributed by atoms with van der Waals surface area (Å²) in [7, 11) is 0. The van der Waals surface area contributed by atoms with Crippen LogP contribution in [-0.4, -0.2) is 48.2 Å². The third-order valence-corrected chi connectivity index (χ3v) is 7.04. The number of alkyl halides is 3. The number of hydrogen-bond acceptors (Lipinski definition) is 5. The number of nitrogens with zero attached hydrogens (tertiary/aromatic N) is 3. The number of hydrogen-bond donors (Lipinski definition) is 1. The standard InChI is InChI=1S/C27H31F4N3O3/c1-16(2)18-4-9-22(28)24(14-18)33-12-10-21(11-13-33)37-20-7-5-19(6-8-20)34-23(15-25(35)36)17(3)26(32-34)27(29,30)31/h4-9,14,16-17,21,23H,10-13,15H2,1-3H3,(H,35,36). The lowest BCUT2D eigenvalue weighted by atomic mass is 9.94. The normalized spacial score (nSPS) is 20.9. The van der Waals surface area contributed by atoms with Crippen molar-refractivity contribution in [3.63, 3.8) is 0 Å². The summed E-state index contributed by atoms with van der Waals surface area (Å²) < 4.78 is 60.7. The van der Waals surface area contributed by atoms with Crippen LogP contribution in [0.5, 0.6) is 5.75 Å². The third kappa shape index (κ3) is 5.99. The lowest BCUT2D eigenvalue weighted by Gasteiger charge is -2.34. The van der Waals surface area contributed by atoms with Gasteiger partial charge >= 0.3 is 12.1 Å². The van der Waals surface area contributed by atoms with E-state index in [2.05, 4.69) is 18.9 Å². The van der Waals surface area contributed by atoms with Gasteiger partial charge < -0.3 is 14.7 Å². The fourth-order valence-corrected chi connectivity index (χ4v) is 4.90. The zero-order valence-electron chi connectivity index (χ0n) is 21.0. The Labute approximate surface area is 213 Å². The summed E-state index contributed by atoms with van der Waals surface area (Å²) in [6, 6.07) is 10.8. The van der Waals surface area contributed by atoms with E-state index in [1.165, 1.54) is 13.0 Å². The van der Waals surface area contributed by atoms with Gasteiger partial charge in [-0.15, -0.1) is 0 Å². The molecule has 2 aliphatic rings. The van der Waals surface area contributed by atoms with Crippen LogP contribution in [0.3, 0.4) is 0 Å². The Morgan fingerprint density at radius 3 is 2.35 bits per heavy atom. The van der Waals surface area contributed by atoms with Crippen molar-refractivity contribution < 1.29 is 32.2 Å². The zero-order chi connectivity index (χ0) is 26.9. The molecule has 1 fully saturated rings. The lowest BCUT2D eigenvalue weighted by molar-refractivity contribution is -0.137. The van der Waals surface area contributed by atoms with Gasteiger partial charge in [-0.3, -0.25) is 9.80 Å². The molecule has 1 saturated heterocycles. The highest BCUT2D eigenvalue weighted by Gasteiger charge is 2.48. The Morgan fingerprint density at radius 2 is 1.78 bits per heavy atom. The second kappa shape index (κ2) is 10.6. The molecule has 0 radical (unpaired) electrons. The molecule has 2 aliphatic heterocycles. The molecule has 0 aliphatic carbocycles. The van der Waals surface area contributed by atoms with Crippen molar-refractivity contribution in [3.05, 3.63) is 53.8 Å². The largest absolute Gasteiger partial charge is 0.490 e. The molecule has 2 heterocycles. The molecule has 0 bridgehead atoms. The van der Waals surface area contributed by atoms with Gasteiger partial charge in [0.15, 0.2) is 0 Å². The molecule has 200 valence electrons. The first-order valence-electron chi connectivity index (χ1n) is 12.4. The van der Waals surface area contributed by atoms with E-state index in [0.717, 1.165) is 10.6 Å². The number of carboxylic acids is 1. The number of carbonyl (C=O) groups is 1. The molecule has 4 rings (SSSR count). The van der Waals surface area contributed by atoms with E-state index in [0.29, 0.717) is 49.0 Å². The number of halogens is 4. The molecule has 0 saturated carbocycles. The number of rotatable bonds is 7. The van der Waals surface area contributed by atoms with Gasteiger partial charge in [0.05, 0.1) is 23.8 Å². The smallest absolute Gasteiger partial charge is 0.431 e. The average molecular weight is 522 g/mol. The van der Waals surface area contributed by atoms with Gasteiger partial charge in [0, 0.05) is 31.8 Å². The Morgan fingerprint density at radius 1 is 1.14 bits per heavy atom. The van der Waals surface area contributed by atoms with Gasteiger partial charge in [0.25, 0.3) is 0 Å². The molecule has 6 nitrogen and oxygen atoms in total. The van der Waals surface area contributed by atoms with Crippen LogP contribution in [0, 0.1) is 11.7 Å². The highest BCUT2D eigenvalue weighted by molar-refractivity contribution is 5.95. The predicted molar refractivity (Wildman–Crippen MR) is 134 cm³/mol. The second-order valence-electron chi connectivity index (χ2n) is 9.95. The van der Waals surface area contributed by atoms with Gasteiger partial charge in [0.1, 0.15) is 23.4 Å². The molecule has 1 N–H and O–H groups in total. The second-order valence-corrected chi connectivity index (χ2v) is 9.95. The van der Waals surface area contributed by atoms with E-state index < -0.39 is 36.2 Å². The first-order chi connectivity index (χ1) is 17.4. The van der Waals surface area contributed by atoms with E-state index in [4.69, 9.17) is 4.74 Å². The van der Waals surface area contributed by atoms with Crippen LogP contribution in [0.2, 0.25) is 0 Å². The van der Waals surface area contributed by atoms with Crippen molar-refractivity contribution in [1.82, 2.24) is 0 Å². The minimum atomic E-state index is -4.64. The van der Waals surface area contributed by atoms with Gasteiger partial charge in [-0.05, 0) is 47.9 Å². The molecule has 37 heavy (non-hydrogen) atoms. The maximum absolute atomic E-state index is 14.5. The molecule has 0 amide bonds. The monoisotopic (exact) mass is 521 g/mol. The van der Waals surface area contributed by atoms with Crippen LogP contribution in [0.25, 0.3) is 0 Å². The molecular formula is C27H31F4N3O3. The topological polar surface area (TPSA) is 65.4 Å². The molecular weight excluding hydrogens is 490 g/mol. The predicted octanol–water partition coefficient (Wildman–Crippen LogP) is 6.21. The van der Waals surface area contributed by atoms with Crippen molar-refractivity contribution in [2.75, 3.05) is 23.0 Å². The number of carboxylic acid groups (broad SMARTS) is 1. The minimum absolute atomic E-state index is 0.0835. The van der Waals surface area contributed by atoms with Crippen molar-refractivity contribution >= 4 is 23.1 Å².